The van der Waals surface area contributed by atoms with Crippen LogP contribution in [0.4, 0.5) is 0 Å². The molecule has 0 aliphatic heterocycles. The zero-order chi connectivity index (χ0) is 16.0. The Hall–Kier alpha value is -1.54. The van der Waals surface area contributed by atoms with E-state index in [1.165, 1.54) is 36.6 Å². The fourth-order valence-corrected chi connectivity index (χ4v) is 5.19. The molecule has 2 fully saturated rings. The van der Waals surface area contributed by atoms with Crippen LogP contribution in [0.2, 0.25) is 0 Å². The van der Waals surface area contributed by atoms with E-state index < -0.39 is 0 Å². The number of nitrogens with zero attached hydrogens (tertiary/aromatic N) is 1. The van der Waals surface area contributed by atoms with Crippen LogP contribution in [0.25, 0.3) is 10.8 Å². The molecule has 2 nitrogen and oxygen atoms in total. The molecule has 2 aliphatic carbocycles. The molecule has 0 radical (unpaired) electrons. The quantitative estimate of drug-likeness (QED) is 0.822. The minimum atomic E-state index is 0.752. The molecular weight excluding hydrogens is 282 g/mol. The van der Waals surface area contributed by atoms with E-state index in [0.29, 0.717) is 0 Å². The first-order valence-electron chi connectivity index (χ1n) is 8.88. The van der Waals surface area contributed by atoms with Crippen LogP contribution < -0.4 is 4.74 Å². The second-order valence-corrected chi connectivity index (χ2v) is 7.76. The van der Waals surface area contributed by atoms with Crippen LogP contribution in [0.3, 0.4) is 0 Å². The lowest BCUT2D eigenvalue weighted by atomic mass is 9.75. The van der Waals surface area contributed by atoms with Crippen molar-refractivity contribution in [1.29, 1.82) is 0 Å². The summed E-state index contributed by atoms with van der Waals surface area (Å²) in [5, 5.41) is 2.62. The predicted molar refractivity (Wildman–Crippen MR) is 96.1 cm³/mol. The van der Waals surface area contributed by atoms with Gasteiger partial charge in [-0.2, -0.15) is 0 Å². The minimum absolute atomic E-state index is 0.752. The highest BCUT2D eigenvalue weighted by atomic mass is 16.5. The largest absolute Gasteiger partial charge is 0.497 e. The van der Waals surface area contributed by atoms with E-state index in [1.807, 2.05) is 0 Å². The van der Waals surface area contributed by atoms with E-state index in [1.54, 1.807) is 12.7 Å². The van der Waals surface area contributed by atoms with Gasteiger partial charge in [0.25, 0.3) is 0 Å². The van der Waals surface area contributed by atoms with E-state index >= 15 is 0 Å². The number of fused-ring (bicyclic) bond motifs is 3. The summed E-state index contributed by atoms with van der Waals surface area (Å²) in [5.74, 6) is 4.37. The summed E-state index contributed by atoms with van der Waals surface area (Å²) < 4.78 is 5.35. The van der Waals surface area contributed by atoms with E-state index in [-0.39, 0.29) is 0 Å². The van der Waals surface area contributed by atoms with E-state index in [0.717, 1.165) is 29.4 Å². The normalized spacial score (nSPS) is 29.6. The third-order valence-electron chi connectivity index (χ3n) is 6.12. The molecule has 4 rings (SSSR count). The zero-order valence-electron chi connectivity index (χ0n) is 14.5. The maximum atomic E-state index is 5.35. The molecule has 2 bridgehead atoms. The standard InChI is InChI=1S/C21H27NO/c1-22(2)13-20-16-5-7-18(11-16)21(20)17-6-4-15-12-19(23-3)9-8-14(15)10-17/h4,6,8-10,12,16,18,20-21H,5,7,11,13H2,1-3H3/t16-,18+,20-,21-/m0/s1. The van der Waals surface area contributed by atoms with Gasteiger partial charge in [0.2, 0.25) is 0 Å². The van der Waals surface area contributed by atoms with Crippen molar-refractivity contribution in [2.75, 3.05) is 27.7 Å². The molecule has 4 atom stereocenters. The summed E-state index contributed by atoms with van der Waals surface area (Å²) in [6, 6.07) is 13.5. The topological polar surface area (TPSA) is 12.5 Å². The van der Waals surface area contributed by atoms with Crippen LogP contribution in [0.1, 0.15) is 30.7 Å². The smallest absolute Gasteiger partial charge is 0.119 e. The number of hydrogen-bond acceptors (Lipinski definition) is 2. The number of ether oxygens (including phenoxy) is 1. The molecule has 2 aliphatic rings. The van der Waals surface area contributed by atoms with Gasteiger partial charge >= 0.3 is 0 Å². The summed E-state index contributed by atoms with van der Waals surface area (Å²) in [6.45, 7) is 1.23. The molecule has 2 aromatic rings. The molecule has 0 heterocycles. The van der Waals surface area contributed by atoms with Crippen LogP contribution >= 0.6 is 0 Å². The fraction of sp³-hybridized carbons (Fsp3) is 0.524. The van der Waals surface area contributed by atoms with Gasteiger partial charge in [0.15, 0.2) is 0 Å². The lowest BCUT2D eigenvalue weighted by Crippen LogP contribution is -2.30. The Kier molecular flexibility index (Phi) is 3.81. The maximum absolute atomic E-state index is 5.35. The van der Waals surface area contributed by atoms with Crippen molar-refractivity contribution < 1.29 is 4.74 Å². The maximum Gasteiger partial charge on any atom is 0.119 e. The van der Waals surface area contributed by atoms with Gasteiger partial charge in [-0.05, 0) is 85.5 Å². The Labute approximate surface area is 139 Å². The average molecular weight is 309 g/mol. The number of hydrogen-bond donors (Lipinski definition) is 0. The zero-order valence-corrected chi connectivity index (χ0v) is 14.5. The van der Waals surface area contributed by atoms with Crippen molar-refractivity contribution in [1.82, 2.24) is 4.90 Å². The third kappa shape index (κ3) is 2.63. The summed E-state index contributed by atoms with van der Waals surface area (Å²) in [7, 11) is 6.17. The van der Waals surface area contributed by atoms with Gasteiger partial charge in [-0.1, -0.05) is 24.3 Å². The molecule has 0 aromatic heterocycles. The van der Waals surface area contributed by atoms with Crippen LogP contribution in [-0.2, 0) is 0 Å². The predicted octanol–water partition coefficient (Wildman–Crippen LogP) is 4.54. The Morgan fingerprint density at radius 3 is 2.52 bits per heavy atom. The summed E-state index contributed by atoms with van der Waals surface area (Å²) >= 11 is 0. The van der Waals surface area contributed by atoms with E-state index in [9.17, 15) is 0 Å². The first-order chi connectivity index (χ1) is 11.2. The Morgan fingerprint density at radius 1 is 1.00 bits per heavy atom. The molecule has 0 unspecified atom stereocenters. The minimum Gasteiger partial charge on any atom is -0.497 e. The number of benzene rings is 2. The van der Waals surface area contributed by atoms with Crippen molar-refractivity contribution in [3.05, 3.63) is 42.0 Å². The van der Waals surface area contributed by atoms with Gasteiger partial charge in [-0.3, -0.25) is 0 Å². The number of methoxy groups -OCH3 is 1. The highest BCUT2D eigenvalue weighted by Crippen LogP contribution is 2.56. The average Bonchev–Trinajstić information content (AvgIpc) is 3.14. The second-order valence-electron chi connectivity index (χ2n) is 7.76. The van der Waals surface area contributed by atoms with Crippen LogP contribution in [0.5, 0.6) is 5.75 Å². The van der Waals surface area contributed by atoms with Crippen LogP contribution in [-0.4, -0.2) is 32.6 Å². The SMILES string of the molecule is COc1ccc2cc([C@H]3[C@@H]4CC[C@@H](C4)[C@@H]3CN(C)C)ccc2c1. The van der Waals surface area contributed by atoms with Gasteiger partial charge in [0.05, 0.1) is 7.11 Å². The molecule has 2 aromatic carbocycles. The highest BCUT2D eigenvalue weighted by molar-refractivity contribution is 5.84. The van der Waals surface area contributed by atoms with Crippen molar-refractivity contribution in [3.63, 3.8) is 0 Å². The number of rotatable bonds is 4. The van der Waals surface area contributed by atoms with Crippen molar-refractivity contribution in [2.24, 2.45) is 17.8 Å². The van der Waals surface area contributed by atoms with Crippen molar-refractivity contribution in [2.45, 2.75) is 25.2 Å². The first-order valence-corrected chi connectivity index (χ1v) is 8.88. The van der Waals surface area contributed by atoms with E-state index in [2.05, 4.69) is 55.4 Å². The van der Waals surface area contributed by atoms with Crippen molar-refractivity contribution >= 4 is 10.8 Å². The monoisotopic (exact) mass is 309 g/mol. The van der Waals surface area contributed by atoms with Gasteiger partial charge in [-0.25, -0.2) is 0 Å². The van der Waals surface area contributed by atoms with Gasteiger partial charge < -0.3 is 9.64 Å². The molecule has 23 heavy (non-hydrogen) atoms. The molecule has 0 spiro atoms. The Morgan fingerprint density at radius 2 is 1.74 bits per heavy atom. The van der Waals surface area contributed by atoms with Gasteiger partial charge in [0, 0.05) is 6.54 Å². The molecular formula is C21H27NO. The molecule has 0 saturated heterocycles. The molecule has 2 saturated carbocycles. The van der Waals surface area contributed by atoms with Crippen molar-refractivity contribution in [3.8, 4) is 5.75 Å². The summed E-state index contributed by atoms with van der Waals surface area (Å²) in [5.41, 5.74) is 1.56. The molecule has 0 amide bonds. The van der Waals surface area contributed by atoms with Gasteiger partial charge in [-0.15, -0.1) is 0 Å². The van der Waals surface area contributed by atoms with E-state index in [4.69, 9.17) is 4.74 Å². The first kappa shape index (κ1) is 15.0. The van der Waals surface area contributed by atoms with Crippen LogP contribution in [0, 0.1) is 17.8 Å². The summed E-state index contributed by atoms with van der Waals surface area (Å²) in [4.78, 5) is 2.38. The van der Waals surface area contributed by atoms with Gasteiger partial charge in [0.1, 0.15) is 5.75 Å². The molecule has 122 valence electrons. The fourth-order valence-electron chi connectivity index (χ4n) is 5.19. The molecule has 2 heteroatoms. The second kappa shape index (κ2) is 5.83. The lowest BCUT2D eigenvalue weighted by Gasteiger charge is -2.33. The van der Waals surface area contributed by atoms with Crippen LogP contribution in [0.15, 0.2) is 36.4 Å². The Bertz CT molecular complexity index is 708. The highest BCUT2D eigenvalue weighted by Gasteiger charge is 2.47. The summed E-state index contributed by atoms with van der Waals surface area (Å²) in [6.07, 6.45) is 4.33. The molecule has 0 N–H and O–H groups in total. The lowest BCUT2D eigenvalue weighted by molar-refractivity contribution is 0.219. The Balaban J connectivity index is 1.69. The third-order valence-corrected chi connectivity index (χ3v) is 6.12.